The first-order valence-corrected chi connectivity index (χ1v) is 16.1. The molecule has 0 atom stereocenters. The molecule has 0 aromatic heterocycles. The van der Waals surface area contributed by atoms with Gasteiger partial charge in [0.05, 0.1) is 0 Å². The van der Waals surface area contributed by atoms with Crippen LogP contribution in [0, 0.1) is 0 Å². The maximum absolute atomic E-state index is 11.7. The van der Waals surface area contributed by atoms with Crippen molar-refractivity contribution in [3.8, 4) is 23.0 Å². The molecule has 17 heteroatoms. The Morgan fingerprint density at radius 3 is 0.745 bits per heavy atom. The predicted molar refractivity (Wildman–Crippen MR) is 201 cm³/mol. The SMILES string of the molecule is CC(=NCCCN=C(C)c1ccccc1[O-])c1ccccc1[O-].CC(=NCCCN=C(C)c1ccccc1[O-])c1ccccc1[O-].[Cu+2].[Cu+2].[Mn+2].[N-]=[N+]=[N-].[N-]=[N+]=[N-]. The first-order valence-electron chi connectivity index (χ1n) is 16.1. The van der Waals surface area contributed by atoms with Crippen LogP contribution in [0.1, 0.15) is 62.8 Å². The minimum absolute atomic E-state index is 0. The minimum Gasteiger partial charge on any atom is -0.872 e. The van der Waals surface area contributed by atoms with Gasteiger partial charge in [0.25, 0.3) is 0 Å². The molecule has 0 unspecified atom stereocenters. The summed E-state index contributed by atoms with van der Waals surface area (Å²) in [4.78, 5) is 20.7. The van der Waals surface area contributed by atoms with Gasteiger partial charge in [-0.15, -0.1) is 0 Å². The molecule has 4 aromatic carbocycles. The van der Waals surface area contributed by atoms with Crippen LogP contribution >= 0.6 is 0 Å². The Hall–Kier alpha value is -5.06. The van der Waals surface area contributed by atoms with Crippen LogP contribution in [0.3, 0.4) is 0 Å². The summed E-state index contributed by atoms with van der Waals surface area (Å²) < 4.78 is 0. The van der Waals surface area contributed by atoms with E-state index in [-0.39, 0.29) is 74.2 Å². The monoisotopic (exact) mass is 881 g/mol. The molecule has 4 rings (SSSR count). The molecule has 0 aliphatic carbocycles. The molecular formula is C38H40Cu2MnN10O4. The third kappa shape index (κ3) is 21.4. The van der Waals surface area contributed by atoms with E-state index in [4.69, 9.17) is 22.1 Å². The predicted octanol–water partition coefficient (Wildman–Crippen LogP) is 6.81. The van der Waals surface area contributed by atoms with E-state index < -0.39 is 0 Å². The summed E-state index contributed by atoms with van der Waals surface area (Å²) in [6, 6.07) is 27.6. The summed E-state index contributed by atoms with van der Waals surface area (Å²) in [6.07, 6.45) is 1.55. The molecule has 3 radical (unpaired) electrons. The van der Waals surface area contributed by atoms with Crippen molar-refractivity contribution in [1.82, 2.24) is 0 Å². The van der Waals surface area contributed by atoms with E-state index in [0.29, 0.717) is 48.4 Å². The van der Waals surface area contributed by atoms with Crippen LogP contribution in [-0.4, -0.2) is 49.0 Å². The van der Waals surface area contributed by atoms with Crippen molar-refractivity contribution in [1.29, 1.82) is 0 Å². The Labute approximate surface area is 353 Å². The number of para-hydroxylation sites is 4. The fourth-order valence-electron chi connectivity index (χ4n) is 4.53. The van der Waals surface area contributed by atoms with Gasteiger partial charge in [-0.3, -0.25) is 29.8 Å². The van der Waals surface area contributed by atoms with Gasteiger partial charge in [0.1, 0.15) is 0 Å². The van der Waals surface area contributed by atoms with Crippen molar-refractivity contribution in [2.45, 2.75) is 40.5 Å². The maximum Gasteiger partial charge on any atom is 2.00 e. The molecule has 0 amide bonds. The van der Waals surface area contributed by atoms with Crippen molar-refractivity contribution in [2.24, 2.45) is 20.0 Å². The Morgan fingerprint density at radius 1 is 0.418 bits per heavy atom. The Morgan fingerprint density at radius 2 is 0.582 bits per heavy atom. The average Bonchev–Trinajstić information content (AvgIpc) is 3.12. The largest absolute Gasteiger partial charge is 2.00 e. The Balaban J connectivity index is -0.000000820. The van der Waals surface area contributed by atoms with Gasteiger partial charge in [-0.05, 0) is 62.8 Å². The quantitative estimate of drug-likeness (QED) is 0.0371. The third-order valence-electron chi connectivity index (χ3n) is 7.14. The van der Waals surface area contributed by atoms with E-state index in [2.05, 4.69) is 20.0 Å². The standard InChI is InChI=1S/2C19H22N2O2.2Cu.Mn.2N3/c2*1-14(16-8-3-5-10-18(16)22)20-12-7-13-21-15(2)17-9-4-6-11-19(17)23;;;;2*1-3-2/h2*3-6,8-11,22-23H,7,12-13H2,1-2H3;;;;;/q;;3*+2;2*-1/p-4. The molecule has 0 aliphatic heterocycles. The summed E-state index contributed by atoms with van der Waals surface area (Å²) in [6.45, 7) is 9.81. The normalized spacial score (nSPS) is 10.7. The van der Waals surface area contributed by atoms with E-state index >= 15 is 0 Å². The van der Waals surface area contributed by atoms with E-state index in [9.17, 15) is 20.4 Å². The number of hydrogen-bond donors (Lipinski definition) is 0. The van der Waals surface area contributed by atoms with Gasteiger partial charge in [-0.2, -0.15) is 0 Å². The van der Waals surface area contributed by atoms with Crippen molar-refractivity contribution in [3.63, 3.8) is 0 Å². The van der Waals surface area contributed by atoms with Crippen LogP contribution in [0.5, 0.6) is 23.0 Å². The van der Waals surface area contributed by atoms with Crippen molar-refractivity contribution in [3.05, 3.63) is 151 Å². The maximum atomic E-state index is 11.7. The van der Waals surface area contributed by atoms with Gasteiger partial charge in [0.2, 0.25) is 0 Å². The Bertz CT molecular complexity index is 1650. The van der Waals surface area contributed by atoms with E-state index in [1.807, 2.05) is 52.0 Å². The van der Waals surface area contributed by atoms with Gasteiger partial charge in [-0.25, -0.2) is 0 Å². The first kappa shape index (κ1) is 54.3. The van der Waals surface area contributed by atoms with Crippen molar-refractivity contribution in [2.75, 3.05) is 26.2 Å². The second-order valence-corrected chi connectivity index (χ2v) is 10.7. The van der Waals surface area contributed by atoms with Crippen LogP contribution in [0.25, 0.3) is 31.9 Å². The van der Waals surface area contributed by atoms with Gasteiger partial charge in [0, 0.05) is 49.0 Å². The average molecular weight is 883 g/mol. The topological polar surface area (TPSA) is 259 Å². The molecular weight excluding hydrogens is 843 g/mol. The van der Waals surface area contributed by atoms with E-state index in [1.165, 1.54) is 9.82 Å². The third-order valence-corrected chi connectivity index (χ3v) is 7.14. The second-order valence-electron chi connectivity index (χ2n) is 10.7. The van der Waals surface area contributed by atoms with Crippen LogP contribution in [0.4, 0.5) is 0 Å². The summed E-state index contributed by atoms with van der Waals surface area (Å²) in [5.41, 5.74) is 32.6. The molecule has 0 spiro atoms. The first-order chi connectivity index (χ1) is 25.0. The minimum atomic E-state index is -0.00494. The molecule has 0 aliphatic rings. The number of hydrogen-bond acceptors (Lipinski definition) is 8. The molecule has 295 valence electrons. The molecule has 0 fully saturated rings. The van der Waals surface area contributed by atoms with Gasteiger partial charge in [0.15, 0.2) is 0 Å². The molecule has 0 saturated heterocycles. The molecule has 0 N–H and O–H groups in total. The fraction of sp³-hybridized carbons (Fsp3) is 0.263. The van der Waals surface area contributed by atoms with E-state index in [1.54, 1.807) is 72.8 Å². The molecule has 4 aromatic rings. The van der Waals surface area contributed by atoms with Crippen LogP contribution < -0.4 is 20.4 Å². The zero-order valence-corrected chi connectivity index (χ0v) is 33.6. The molecule has 0 bridgehead atoms. The number of nitrogens with zero attached hydrogens (tertiary/aromatic N) is 10. The number of aliphatic imine (C=N–C) groups is 4. The molecule has 0 heterocycles. The molecule has 55 heavy (non-hydrogen) atoms. The number of benzene rings is 4. The van der Waals surface area contributed by atoms with Gasteiger partial charge < -0.3 is 42.6 Å². The van der Waals surface area contributed by atoms with Crippen molar-refractivity contribution < 1.29 is 71.6 Å². The van der Waals surface area contributed by atoms with Crippen LogP contribution in [0.15, 0.2) is 117 Å². The number of rotatable bonds is 12. The molecule has 14 nitrogen and oxygen atoms in total. The van der Waals surface area contributed by atoms with E-state index in [0.717, 1.165) is 35.7 Å². The summed E-state index contributed by atoms with van der Waals surface area (Å²) in [7, 11) is 0. The zero-order chi connectivity index (χ0) is 38.7. The zero-order valence-electron chi connectivity index (χ0n) is 30.6. The molecule has 0 saturated carbocycles. The van der Waals surface area contributed by atoms with Crippen LogP contribution in [0.2, 0.25) is 0 Å². The van der Waals surface area contributed by atoms with Gasteiger partial charge in [-0.1, -0.05) is 120 Å². The summed E-state index contributed by atoms with van der Waals surface area (Å²) in [5.74, 6) is -0.0197. The smallest absolute Gasteiger partial charge is 0.872 e. The van der Waals surface area contributed by atoms with Crippen LogP contribution in [-0.2, 0) is 51.2 Å². The summed E-state index contributed by atoms with van der Waals surface area (Å²) >= 11 is 0. The fourth-order valence-corrected chi connectivity index (χ4v) is 4.53. The second kappa shape index (κ2) is 32.4. The van der Waals surface area contributed by atoms with Crippen molar-refractivity contribution >= 4 is 22.8 Å². The summed E-state index contributed by atoms with van der Waals surface area (Å²) in [5, 5.41) is 46.8. The Kier molecular flexibility index (Phi) is 32.0. The van der Waals surface area contributed by atoms with Gasteiger partial charge >= 0.3 is 51.2 Å².